The number of fused-ring (bicyclic) bond motifs is 1. The van der Waals surface area contributed by atoms with E-state index in [1.807, 2.05) is 29.2 Å². The van der Waals surface area contributed by atoms with Crippen LogP contribution in [0, 0.1) is 12.8 Å². The molecule has 0 unspecified atom stereocenters. The van der Waals surface area contributed by atoms with E-state index in [9.17, 15) is 18.0 Å². The van der Waals surface area contributed by atoms with Crippen LogP contribution in [-0.4, -0.2) is 82.4 Å². The highest BCUT2D eigenvalue weighted by Gasteiger charge is 2.37. The summed E-state index contributed by atoms with van der Waals surface area (Å²) < 4.78 is 39.4. The Bertz CT molecular complexity index is 1310. The molecule has 5 rings (SSSR count). The first-order valence-electron chi connectivity index (χ1n) is 12.5. The van der Waals surface area contributed by atoms with Gasteiger partial charge in [0.05, 0.1) is 23.6 Å². The van der Waals surface area contributed by atoms with E-state index in [0.717, 1.165) is 11.4 Å². The number of piperidine rings is 1. The monoisotopic (exact) mass is 528 g/mol. The van der Waals surface area contributed by atoms with E-state index in [1.165, 1.54) is 10.4 Å². The molecular weight excluding hydrogens is 496 g/mol. The SMILES string of the molecule is COc1cccc(N2CCN(C(=O)[C@H]3CCCN(S(=O)(=O)c4cc5c(cc4C)NC(=O)CO5)C3)CC2)c1. The summed E-state index contributed by atoms with van der Waals surface area (Å²) >= 11 is 0. The number of nitrogens with one attached hydrogen (secondary N) is 1. The molecule has 1 N–H and O–H groups in total. The quantitative estimate of drug-likeness (QED) is 0.633. The van der Waals surface area contributed by atoms with Gasteiger partial charge in [0.1, 0.15) is 11.5 Å². The number of nitrogens with zero attached hydrogens (tertiary/aromatic N) is 3. The molecule has 0 aliphatic carbocycles. The van der Waals surface area contributed by atoms with Gasteiger partial charge in [0.2, 0.25) is 15.9 Å². The van der Waals surface area contributed by atoms with Crippen LogP contribution in [0.2, 0.25) is 0 Å². The molecule has 2 fully saturated rings. The Morgan fingerprint density at radius 1 is 1.11 bits per heavy atom. The second-order valence-corrected chi connectivity index (χ2v) is 11.6. The molecule has 0 spiro atoms. The zero-order chi connectivity index (χ0) is 26.2. The Kier molecular flexibility index (Phi) is 7.00. The van der Waals surface area contributed by atoms with Gasteiger partial charge in [-0.15, -0.1) is 0 Å². The number of piperazine rings is 1. The second kappa shape index (κ2) is 10.2. The van der Waals surface area contributed by atoms with Crippen molar-refractivity contribution in [2.45, 2.75) is 24.7 Å². The summed E-state index contributed by atoms with van der Waals surface area (Å²) in [4.78, 5) is 29.2. The predicted molar refractivity (Wildman–Crippen MR) is 139 cm³/mol. The van der Waals surface area contributed by atoms with Crippen LogP contribution in [0.5, 0.6) is 11.5 Å². The summed E-state index contributed by atoms with van der Waals surface area (Å²) in [5.74, 6) is 0.496. The minimum atomic E-state index is -3.84. The molecule has 3 aliphatic heterocycles. The number of hydrogen-bond acceptors (Lipinski definition) is 7. The van der Waals surface area contributed by atoms with Crippen LogP contribution in [0.1, 0.15) is 18.4 Å². The van der Waals surface area contributed by atoms with E-state index in [1.54, 1.807) is 20.1 Å². The van der Waals surface area contributed by atoms with Gasteiger partial charge in [-0.1, -0.05) is 6.07 Å². The third-order valence-electron chi connectivity index (χ3n) is 7.27. The standard InChI is InChI=1S/C26H32N4O6S/c1-18-13-22-23(36-17-25(31)27-22)15-24(18)37(33,34)30-8-4-5-19(16-30)26(32)29-11-9-28(10-12-29)20-6-3-7-21(14-20)35-2/h3,6-7,13-15,19H,4-5,8-12,16-17H2,1-2H3,(H,27,31)/t19-/m0/s1. The van der Waals surface area contributed by atoms with Crippen molar-refractivity contribution in [3.05, 3.63) is 42.0 Å². The smallest absolute Gasteiger partial charge is 0.262 e. The fourth-order valence-corrected chi connectivity index (χ4v) is 6.99. The number of amides is 2. The van der Waals surface area contributed by atoms with Crippen molar-refractivity contribution in [3.8, 4) is 11.5 Å². The van der Waals surface area contributed by atoms with Crippen molar-refractivity contribution < 1.29 is 27.5 Å². The van der Waals surface area contributed by atoms with Crippen LogP contribution in [0.3, 0.4) is 0 Å². The number of methoxy groups -OCH3 is 1. The van der Waals surface area contributed by atoms with Gasteiger partial charge in [-0.2, -0.15) is 4.31 Å². The Hall–Kier alpha value is -3.31. The molecule has 0 radical (unpaired) electrons. The number of anilines is 2. The van der Waals surface area contributed by atoms with E-state index in [0.29, 0.717) is 62.6 Å². The van der Waals surface area contributed by atoms with E-state index in [4.69, 9.17) is 9.47 Å². The Balaban J connectivity index is 1.25. The lowest BCUT2D eigenvalue weighted by Gasteiger charge is -2.39. The van der Waals surface area contributed by atoms with Gasteiger partial charge in [-0.25, -0.2) is 8.42 Å². The number of hydrogen-bond donors (Lipinski definition) is 1. The molecular formula is C26H32N4O6S. The third-order valence-corrected chi connectivity index (χ3v) is 9.28. The second-order valence-electron chi connectivity index (χ2n) is 9.67. The molecule has 2 saturated heterocycles. The summed E-state index contributed by atoms with van der Waals surface area (Å²) in [6.45, 7) is 4.66. The molecule has 0 saturated carbocycles. The van der Waals surface area contributed by atoms with Crippen molar-refractivity contribution in [1.82, 2.24) is 9.21 Å². The summed E-state index contributed by atoms with van der Waals surface area (Å²) in [7, 11) is -2.20. The predicted octanol–water partition coefficient (Wildman–Crippen LogP) is 2.08. The topological polar surface area (TPSA) is 108 Å². The van der Waals surface area contributed by atoms with Crippen LogP contribution in [0.25, 0.3) is 0 Å². The van der Waals surface area contributed by atoms with E-state index >= 15 is 0 Å². The molecule has 0 aromatic heterocycles. The highest BCUT2D eigenvalue weighted by atomic mass is 32.2. The van der Waals surface area contributed by atoms with Crippen LogP contribution >= 0.6 is 0 Å². The number of rotatable bonds is 5. The molecule has 0 bridgehead atoms. The maximum Gasteiger partial charge on any atom is 0.262 e. The van der Waals surface area contributed by atoms with Gasteiger partial charge < -0.3 is 24.6 Å². The van der Waals surface area contributed by atoms with Gasteiger partial charge in [0.25, 0.3) is 5.91 Å². The fraction of sp³-hybridized carbons (Fsp3) is 0.462. The number of carbonyl (C=O) groups is 2. The van der Waals surface area contributed by atoms with E-state index in [2.05, 4.69) is 10.2 Å². The normalized spacial score (nSPS) is 20.6. The number of sulfonamides is 1. The molecule has 2 amide bonds. The lowest BCUT2D eigenvalue weighted by Crippen LogP contribution is -2.53. The van der Waals surface area contributed by atoms with Crippen molar-refractivity contribution in [3.63, 3.8) is 0 Å². The highest BCUT2D eigenvalue weighted by molar-refractivity contribution is 7.89. The highest BCUT2D eigenvalue weighted by Crippen LogP contribution is 2.35. The maximum absolute atomic E-state index is 13.6. The molecule has 3 aliphatic rings. The maximum atomic E-state index is 13.6. The van der Waals surface area contributed by atoms with E-state index in [-0.39, 0.29) is 35.8 Å². The van der Waals surface area contributed by atoms with Gasteiger partial charge in [0, 0.05) is 57.1 Å². The number of aryl methyl sites for hydroxylation is 1. The molecule has 3 heterocycles. The largest absolute Gasteiger partial charge is 0.497 e. The molecule has 198 valence electrons. The minimum Gasteiger partial charge on any atom is -0.497 e. The average molecular weight is 529 g/mol. The molecule has 2 aromatic rings. The molecule has 37 heavy (non-hydrogen) atoms. The van der Waals surface area contributed by atoms with Crippen LogP contribution < -0.4 is 19.7 Å². The molecule has 1 atom stereocenters. The molecule has 10 nitrogen and oxygen atoms in total. The zero-order valence-corrected chi connectivity index (χ0v) is 21.9. The first kappa shape index (κ1) is 25.3. The number of benzene rings is 2. The van der Waals surface area contributed by atoms with Crippen molar-refractivity contribution in [2.75, 3.05) is 63.2 Å². The number of ether oxygens (including phenoxy) is 2. The fourth-order valence-electron chi connectivity index (χ4n) is 5.25. The minimum absolute atomic E-state index is 0.0124. The summed E-state index contributed by atoms with van der Waals surface area (Å²) in [5, 5.41) is 2.70. The van der Waals surface area contributed by atoms with Gasteiger partial charge in [-0.05, 0) is 43.5 Å². The van der Waals surface area contributed by atoms with Crippen LogP contribution in [0.4, 0.5) is 11.4 Å². The lowest BCUT2D eigenvalue weighted by atomic mass is 9.97. The Morgan fingerprint density at radius 2 is 1.89 bits per heavy atom. The molecule has 2 aromatic carbocycles. The zero-order valence-electron chi connectivity index (χ0n) is 21.1. The summed E-state index contributed by atoms with van der Waals surface area (Å²) in [6, 6.07) is 11.0. The van der Waals surface area contributed by atoms with Crippen molar-refractivity contribution in [2.24, 2.45) is 5.92 Å². The third kappa shape index (κ3) is 5.10. The number of carbonyl (C=O) groups excluding carboxylic acids is 2. The summed E-state index contributed by atoms with van der Waals surface area (Å²) in [6.07, 6.45) is 1.29. The van der Waals surface area contributed by atoms with Crippen LogP contribution in [0.15, 0.2) is 41.3 Å². The first-order chi connectivity index (χ1) is 17.8. The Morgan fingerprint density at radius 3 is 2.65 bits per heavy atom. The van der Waals surface area contributed by atoms with Gasteiger partial charge in [0.15, 0.2) is 6.61 Å². The Labute approximate surface area is 217 Å². The van der Waals surface area contributed by atoms with Gasteiger partial charge in [-0.3, -0.25) is 9.59 Å². The van der Waals surface area contributed by atoms with Crippen molar-refractivity contribution >= 4 is 33.2 Å². The lowest BCUT2D eigenvalue weighted by molar-refractivity contribution is -0.137. The average Bonchev–Trinajstić information content (AvgIpc) is 2.92. The first-order valence-corrected chi connectivity index (χ1v) is 14.0. The van der Waals surface area contributed by atoms with Gasteiger partial charge >= 0.3 is 0 Å². The summed E-state index contributed by atoms with van der Waals surface area (Å²) in [5.41, 5.74) is 2.05. The van der Waals surface area contributed by atoms with E-state index < -0.39 is 10.0 Å². The van der Waals surface area contributed by atoms with Crippen LogP contribution in [-0.2, 0) is 19.6 Å². The molecule has 11 heteroatoms. The van der Waals surface area contributed by atoms with Crippen molar-refractivity contribution in [1.29, 1.82) is 0 Å².